The Kier molecular flexibility index (Phi) is 5.85. The minimum atomic E-state index is -4.43. The third-order valence-electron chi connectivity index (χ3n) is 5.92. The maximum Gasteiger partial charge on any atom is 0.416 e. The Morgan fingerprint density at radius 2 is 2.00 bits per heavy atom. The first kappa shape index (κ1) is 22.1. The van der Waals surface area contributed by atoms with Crippen LogP contribution in [0.3, 0.4) is 0 Å². The molecule has 1 fully saturated rings. The Balaban J connectivity index is 1.68. The average Bonchev–Trinajstić information content (AvgIpc) is 2.75. The van der Waals surface area contributed by atoms with Crippen molar-refractivity contribution in [2.75, 3.05) is 19.8 Å². The highest BCUT2D eigenvalue weighted by Crippen LogP contribution is 2.36. The number of carbonyl (C=O) groups is 2. The number of halogens is 3. The highest BCUT2D eigenvalue weighted by atomic mass is 19.4. The van der Waals surface area contributed by atoms with Gasteiger partial charge in [-0.3, -0.25) is 4.79 Å². The molecule has 0 saturated carbocycles. The number of nitrogens with zero attached hydrogens (tertiary/aromatic N) is 1. The second-order valence-corrected chi connectivity index (χ2v) is 8.46. The minimum absolute atomic E-state index is 0.208. The predicted octanol–water partition coefficient (Wildman–Crippen LogP) is 3.48. The third kappa shape index (κ3) is 4.43. The molecule has 1 saturated heterocycles. The van der Waals surface area contributed by atoms with Crippen LogP contribution in [-0.4, -0.2) is 42.6 Å². The molecule has 2 heterocycles. The van der Waals surface area contributed by atoms with Gasteiger partial charge in [-0.15, -0.1) is 0 Å². The van der Waals surface area contributed by atoms with Crippen molar-refractivity contribution >= 4 is 12.4 Å². The van der Waals surface area contributed by atoms with E-state index in [2.05, 4.69) is 10.6 Å². The van der Waals surface area contributed by atoms with Crippen LogP contribution >= 0.6 is 0 Å². The standard InChI is InChI=1S/C23H24F3N3O3/c1-22(12-32-13-22)28-21(31)29-8-7-19-18(6-5-16(10-27-14-30)20(19)11-29)15-3-2-4-17(9-15)23(24,25)26/h2-6,9,14H,7-8,10-13H2,1H3,(H,27,30)(H,28,31). The van der Waals surface area contributed by atoms with Crippen molar-refractivity contribution in [3.63, 3.8) is 0 Å². The van der Waals surface area contributed by atoms with Crippen molar-refractivity contribution < 1.29 is 27.5 Å². The quantitative estimate of drug-likeness (QED) is 0.690. The van der Waals surface area contributed by atoms with E-state index in [0.717, 1.165) is 28.8 Å². The van der Waals surface area contributed by atoms with Crippen LogP contribution in [0.2, 0.25) is 0 Å². The molecule has 2 aliphatic rings. The molecule has 0 unspecified atom stereocenters. The zero-order valence-electron chi connectivity index (χ0n) is 17.6. The molecule has 0 spiro atoms. The smallest absolute Gasteiger partial charge is 0.376 e. The van der Waals surface area contributed by atoms with Gasteiger partial charge in [0.2, 0.25) is 6.41 Å². The molecule has 0 radical (unpaired) electrons. The number of alkyl halides is 3. The summed E-state index contributed by atoms with van der Waals surface area (Å²) in [6, 6.07) is 8.64. The van der Waals surface area contributed by atoms with Gasteiger partial charge in [0.15, 0.2) is 0 Å². The normalized spacial score (nSPS) is 17.2. The van der Waals surface area contributed by atoms with Crippen molar-refractivity contribution in [1.82, 2.24) is 15.5 Å². The van der Waals surface area contributed by atoms with Gasteiger partial charge in [0.25, 0.3) is 0 Å². The van der Waals surface area contributed by atoms with Gasteiger partial charge in [-0.1, -0.05) is 24.3 Å². The zero-order valence-corrected chi connectivity index (χ0v) is 17.6. The molecule has 2 aliphatic heterocycles. The summed E-state index contributed by atoms with van der Waals surface area (Å²) in [5.74, 6) is 0. The molecule has 3 amide bonds. The van der Waals surface area contributed by atoms with Gasteiger partial charge in [0.05, 0.1) is 24.3 Å². The maximum absolute atomic E-state index is 13.2. The van der Waals surface area contributed by atoms with E-state index in [1.165, 1.54) is 6.07 Å². The highest BCUT2D eigenvalue weighted by molar-refractivity contribution is 5.77. The van der Waals surface area contributed by atoms with E-state index < -0.39 is 11.7 Å². The molecule has 6 nitrogen and oxygen atoms in total. The first-order chi connectivity index (χ1) is 15.2. The van der Waals surface area contributed by atoms with Gasteiger partial charge in [0, 0.05) is 19.6 Å². The molecule has 0 aliphatic carbocycles. The molecule has 9 heteroatoms. The summed E-state index contributed by atoms with van der Waals surface area (Å²) in [6.45, 7) is 3.84. The molecule has 0 atom stereocenters. The third-order valence-corrected chi connectivity index (χ3v) is 5.92. The first-order valence-corrected chi connectivity index (χ1v) is 10.3. The molecule has 0 bridgehead atoms. The Morgan fingerprint density at radius 3 is 2.66 bits per heavy atom. The molecule has 32 heavy (non-hydrogen) atoms. The van der Waals surface area contributed by atoms with Crippen LogP contribution in [0.5, 0.6) is 0 Å². The summed E-state index contributed by atoms with van der Waals surface area (Å²) in [6.07, 6.45) is -3.34. The second-order valence-electron chi connectivity index (χ2n) is 8.46. The van der Waals surface area contributed by atoms with Crippen LogP contribution < -0.4 is 10.6 Å². The number of benzene rings is 2. The molecule has 4 rings (SSSR count). The van der Waals surface area contributed by atoms with Crippen molar-refractivity contribution in [3.05, 3.63) is 58.7 Å². The van der Waals surface area contributed by atoms with Crippen LogP contribution in [0.15, 0.2) is 36.4 Å². The van der Waals surface area contributed by atoms with Gasteiger partial charge in [0.1, 0.15) is 0 Å². The summed E-state index contributed by atoms with van der Waals surface area (Å²) in [4.78, 5) is 25.3. The van der Waals surface area contributed by atoms with E-state index >= 15 is 0 Å². The van der Waals surface area contributed by atoms with Gasteiger partial charge in [-0.2, -0.15) is 13.2 Å². The highest BCUT2D eigenvalue weighted by Gasteiger charge is 2.37. The molecule has 2 aromatic rings. The Morgan fingerprint density at radius 1 is 1.22 bits per heavy atom. The van der Waals surface area contributed by atoms with Crippen molar-refractivity contribution in [2.24, 2.45) is 0 Å². The second kappa shape index (κ2) is 8.46. The molecule has 0 aromatic heterocycles. The average molecular weight is 447 g/mol. The number of hydrogen-bond acceptors (Lipinski definition) is 3. The van der Waals surface area contributed by atoms with E-state index in [1.54, 1.807) is 23.1 Å². The van der Waals surface area contributed by atoms with Crippen LogP contribution in [0.25, 0.3) is 11.1 Å². The maximum atomic E-state index is 13.2. The van der Waals surface area contributed by atoms with Crippen molar-refractivity contribution in [2.45, 2.75) is 38.1 Å². The zero-order chi connectivity index (χ0) is 22.9. The van der Waals surface area contributed by atoms with Crippen LogP contribution in [0.1, 0.15) is 29.2 Å². The van der Waals surface area contributed by atoms with Crippen LogP contribution in [-0.2, 0) is 35.2 Å². The number of hydrogen-bond donors (Lipinski definition) is 2. The van der Waals surface area contributed by atoms with Gasteiger partial charge < -0.3 is 20.3 Å². The molecule has 170 valence electrons. The Labute approximate surface area is 183 Å². The summed E-state index contributed by atoms with van der Waals surface area (Å²) < 4.78 is 44.9. The molecular formula is C23H24F3N3O3. The van der Waals surface area contributed by atoms with Crippen molar-refractivity contribution in [3.8, 4) is 11.1 Å². The number of amides is 3. The number of carbonyl (C=O) groups excluding carboxylic acids is 2. The Hall–Kier alpha value is -3.07. The van der Waals surface area contributed by atoms with Gasteiger partial charge in [-0.05, 0) is 53.3 Å². The summed E-state index contributed by atoms with van der Waals surface area (Å²) in [7, 11) is 0. The lowest BCUT2D eigenvalue weighted by molar-refractivity contribution is -0.137. The summed E-state index contributed by atoms with van der Waals surface area (Å²) in [5.41, 5.74) is 2.67. The van der Waals surface area contributed by atoms with Crippen molar-refractivity contribution in [1.29, 1.82) is 0 Å². The fourth-order valence-corrected chi connectivity index (χ4v) is 4.18. The fourth-order valence-electron chi connectivity index (χ4n) is 4.18. The number of ether oxygens (including phenoxy) is 1. The lowest BCUT2D eigenvalue weighted by Gasteiger charge is -2.41. The topological polar surface area (TPSA) is 70.7 Å². The monoisotopic (exact) mass is 447 g/mol. The summed E-state index contributed by atoms with van der Waals surface area (Å²) in [5, 5.41) is 5.63. The minimum Gasteiger partial charge on any atom is -0.376 e. The van der Waals surface area contributed by atoms with E-state index in [9.17, 15) is 22.8 Å². The number of nitrogens with one attached hydrogen (secondary N) is 2. The first-order valence-electron chi connectivity index (χ1n) is 10.3. The van der Waals surface area contributed by atoms with Crippen LogP contribution in [0.4, 0.5) is 18.0 Å². The van der Waals surface area contributed by atoms with E-state index in [4.69, 9.17) is 4.74 Å². The number of urea groups is 1. The van der Waals surface area contributed by atoms with E-state index in [0.29, 0.717) is 50.3 Å². The van der Waals surface area contributed by atoms with Crippen LogP contribution in [0, 0.1) is 0 Å². The fraction of sp³-hybridized carbons (Fsp3) is 0.391. The molecule has 2 N–H and O–H groups in total. The summed E-state index contributed by atoms with van der Waals surface area (Å²) >= 11 is 0. The predicted molar refractivity (Wildman–Crippen MR) is 112 cm³/mol. The molecule has 2 aromatic carbocycles. The lowest BCUT2D eigenvalue weighted by atomic mass is 9.87. The largest absolute Gasteiger partial charge is 0.416 e. The number of fused-ring (bicyclic) bond motifs is 1. The SMILES string of the molecule is CC1(NC(=O)N2CCc3c(-c4cccc(C(F)(F)F)c4)ccc(CNC=O)c3C2)COC1. The van der Waals surface area contributed by atoms with E-state index in [1.807, 2.05) is 6.92 Å². The van der Waals surface area contributed by atoms with E-state index in [-0.39, 0.29) is 18.1 Å². The van der Waals surface area contributed by atoms with Gasteiger partial charge >= 0.3 is 12.2 Å². The lowest BCUT2D eigenvalue weighted by Crippen LogP contribution is -2.62. The number of rotatable bonds is 5. The molecular weight excluding hydrogens is 423 g/mol. The Bertz CT molecular complexity index is 1030. The van der Waals surface area contributed by atoms with Gasteiger partial charge in [-0.25, -0.2) is 4.79 Å².